The third-order valence-corrected chi connectivity index (χ3v) is 4.05. The van der Waals surface area contributed by atoms with Crippen LogP contribution in [0.1, 0.15) is 31.5 Å². The number of nitrogens with zero attached hydrogens (tertiary/aromatic N) is 2. The minimum Gasteiger partial charge on any atom is -0.468 e. The lowest BCUT2D eigenvalue weighted by Gasteiger charge is -2.18. The van der Waals surface area contributed by atoms with Crippen molar-refractivity contribution in [1.29, 1.82) is 0 Å². The molecule has 0 amide bonds. The summed E-state index contributed by atoms with van der Waals surface area (Å²) in [6.45, 7) is 5.05. The summed E-state index contributed by atoms with van der Waals surface area (Å²) >= 11 is 6.00. The van der Waals surface area contributed by atoms with Crippen molar-refractivity contribution in [2.45, 2.75) is 33.0 Å². The molecule has 6 heteroatoms. The van der Waals surface area contributed by atoms with Crippen molar-refractivity contribution in [2.24, 2.45) is 0 Å². The van der Waals surface area contributed by atoms with Crippen LogP contribution in [0.5, 0.6) is 0 Å². The molecule has 2 heterocycles. The van der Waals surface area contributed by atoms with Crippen molar-refractivity contribution >= 4 is 22.5 Å². The maximum absolute atomic E-state index is 12.7. The number of rotatable bonds is 5. The van der Waals surface area contributed by atoms with Crippen LogP contribution in [0.4, 0.5) is 0 Å². The summed E-state index contributed by atoms with van der Waals surface area (Å²) in [5.41, 5.74) is 0.590. The third-order valence-electron chi connectivity index (χ3n) is 3.81. The molecule has 0 spiro atoms. The Morgan fingerprint density at radius 1 is 1.39 bits per heavy atom. The molecule has 1 aromatic carbocycles. The lowest BCUT2D eigenvalue weighted by Crippen LogP contribution is -2.30. The highest BCUT2D eigenvalue weighted by Crippen LogP contribution is 2.18. The normalized spacial score (nSPS) is 12.7. The highest BCUT2D eigenvalue weighted by molar-refractivity contribution is 6.31. The number of halogens is 1. The van der Waals surface area contributed by atoms with E-state index in [2.05, 4.69) is 10.3 Å². The molecule has 0 bridgehead atoms. The highest BCUT2D eigenvalue weighted by atomic mass is 35.5. The largest absolute Gasteiger partial charge is 0.468 e. The first-order chi connectivity index (χ1) is 11.1. The summed E-state index contributed by atoms with van der Waals surface area (Å²) in [7, 11) is 0. The molecule has 0 radical (unpaired) electrons. The summed E-state index contributed by atoms with van der Waals surface area (Å²) in [5.74, 6) is 1.55. The first kappa shape index (κ1) is 15.8. The Kier molecular flexibility index (Phi) is 4.50. The fraction of sp³-hybridized carbons (Fsp3) is 0.294. The Hall–Kier alpha value is -2.11. The van der Waals surface area contributed by atoms with Crippen LogP contribution in [-0.4, -0.2) is 9.55 Å². The fourth-order valence-electron chi connectivity index (χ4n) is 2.60. The van der Waals surface area contributed by atoms with Gasteiger partial charge in [0, 0.05) is 11.6 Å². The number of fused-ring (bicyclic) bond motifs is 1. The third kappa shape index (κ3) is 3.16. The van der Waals surface area contributed by atoms with Crippen molar-refractivity contribution in [2.75, 3.05) is 0 Å². The highest BCUT2D eigenvalue weighted by Gasteiger charge is 2.16. The predicted molar refractivity (Wildman–Crippen MR) is 90.6 cm³/mol. The monoisotopic (exact) mass is 331 g/mol. The molecule has 0 aliphatic rings. The number of nitrogens with one attached hydrogen (secondary N) is 1. The summed E-state index contributed by atoms with van der Waals surface area (Å²) in [5, 5.41) is 4.42. The molecule has 3 rings (SSSR count). The molecule has 5 nitrogen and oxygen atoms in total. The van der Waals surface area contributed by atoms with Crippen LogP contribution >= 0.6 is 11.6 Å². The van der Waals surface area contributed by atoms with E-state index in [1.165, 1.54) is 0 Å². The van der Waals surface area contributed by atoms with E-state index < -0.39 is 0 Å². The van der Waals surface area contributed by atoms with Crippen LogP contribution in [0.3, 0.4) is 0 Å². The van der Waals surface area contributed by atoms with Gasteiger partial charge in [-0.2, -0.15) is 0 Å². The molecule has 2 aromatic heterocycles. The van der Waals surface area contributed by atoms with E-state index in [1.807, 2.05) is 26.0 Å². The van der Waals surface area contributed by atoms with Crippen molar-refractivity contribution in [3.8, 4) is 0 Å². The SMILES string of the molecule is CCn1c([C@H](C)NCc2ccco2)nc2ccc(Cl)cc2c1=O. The predicted octanol–water partition coefficient (Wildman–Crippen LogP) is 3.51. The van der Waals surface area contributed by atoms with Gasteiger partial charge >= 0.3 is 0 Å². The maximum atomic E-state index is 12.7. The molecule has 23 heavy (non-hydrogen) atoms. The second kappa shape index (κ2) is 6.56. The van der Waals surface area contributed by atoms with E-state index >= 15 is 0 Å². The van der Waals surface area contributed by atoms with Gasteiger partial charge in [-0.15, -0.1) is 0 Å². The van der Waals surface area contributed by atoms with Crippen molar-refractivity contribution in [1.82, 2.24) is 14.9 Å². The zero-order valence-corrected chi connectivity index (χ0v) is 13.8. The van der Waals surface area contributed by atoms with Crippen LogP contribution < -0.4 is 10.9 Å². The summed E-state index contributed by atoms with van der Waals surface area (Å²) in [6, 6.07) is 8.86. The average Bonchev–Trinajstić information content (AvgIpc) is 3.06. The van der Waals surface area contributed by atoms with E-state index in [0.717, 1.165) is 5.76 Å². The number of furan rings is 1. The molecule has 1 N–H and O–H groups in total. The van der Waals surface area contributed by atoms with Gasteiger partial charge in [0.25, 0.3) is 5.56 Å². The van der Waals surface area contributed by atoms with Gasteiger partial charge in [0.1, 0.15) is 11.6 Å². The Balaban J connectivity index is 1.98. The topological polar surface area (TPSA) is 60.1 Å². The molecular weight excluding hydrogens is 314 g/mol. The Bertz CT molecular complexity index is 871. The molecule has 0 unspecified atom stereocenters. The van der Waals surface area contributed by atoms with Gasteiger partial charge in [0.2, 0.25) is 0 Å². The molecule has 0 saturated carbocycles. The van der Waals surface area contributed by atoms with Crippen LogP contribution in [0, 0.1) is 0 Å². The van der Waals surface area contributed by atoms with Crippen LogP contribution in [0.25, 0.3) is 10.9 Å². The lowest BCUT2D eigenvalue weighted by atomic mass is 10.2. The van der Waals surface area contributed by atoms with Crippen LogP contribution in [-0.2, 0) is 13.1 Å². The standard InChI is InChI=1S/C17H18ClN3O2/c1-3-21-16(11(2)19-10-13-5-4-8-23-13)20-15-7-6-12(18)9-14(15)17(21)22/h4-9,11,19H,3,10H2,1-2H3/t11-/m0/s1. The maximum Gasteiger partial charge on any atom is 0.261 e. The number of hydrogen-bond acceptors (Lipinski definition) is 4. The first-order valence-electron chi connectivity index (χ1n) is 7.56. The van der Waals surface area contributed by atoms with Gasteiger partial charge in [-0.05, 0) is 44.2 Å². The van der Waals surface area contributed by atoms with Gasteiger partial charge in [-0.3, -0.25) is 9.36 Å². The number of aromatic nitrogens is 2. The van der Waals surface area contributed by atoms with Gasteiger partial charge in [-0.25, -0.2) is 4.98 Å². The minimum atomic E-state index is -0.0900. The molecule has 0 aliphatic carbocycles. The van der Waals surface area contributed by atoms with Gasteiger partial charge in [0.05, 0.1) is 29.8 Å². The molecule has 0 aliphatic heterocycles. The summed E-state index contributed by atoms with van der Waals surface area (Å²) in [6.07, 6.45) is 1.64. The van der Waals surface area contributed by atoms with E-state index in [4.69, 9.17) is 16.0 Å². The summed E-state index contributed by atoms with van der Waals surface area (Å²) < 4.78 is 7.00. The van der Waals surface area contributed by atoms with Crippen LogP contribution in [0.2, 0.25) is 5.02 Å². The zero-order valence-electron chi connectivity index (χ0n) is 13.0. The second-order valence-electron chi connectivity index (χ2n) is 5.36. The van der Waals surface area contributed by atoms with Crippen molar-refractivity contribution < 1.29 is 4.42 Å². The zero-order chi connectivity index (χ0) is 16.4. The molecule has 3 aromatic rings. The van der Waals surface area contributed by atoms with E-state index in [-0.39, 0.29) is 11.6 Å². The first-order valence-corrected chi connectivity index (χ1v) is 7.93. The van der Waals surface area contributed by atoms with Gasteiger partial charge in [-0.1, -0.05) is 11.6 Å². The van der Waals surface area contributed by atoms with Gasteiger partial charge in [0.15, 0.2) is 0 Å². The molecule has 0 fully saturated rings. The van der Waals surface area contributed by atoms with E-state index in [1.54, 1.807) is 29.0 Å². The van der Waals surface area contributed by atoms with Crippen molar-refractivity contribution in [3.63, 3.8) is 0 Å². The second-order valence-corrected chi connectivity index (χ2v) is 5.80. The molecular formula is C17H18ClN3O2. The minimum absolute atomic E-state index is 0.0679. The van der Waals surface area contributed by atoms with Gasteiger partial charge < -0.3 is 9.73 Å². The van der Waals surface area contributed by atoms with Crippen LogP contribution in [0.15, 0.2) is 45.8 Å². The number of benzene rings is 1. The molecule has 0 saturated heterocycles. The van der Waals surface area contributed by atoms with Crippen molar-refractivity contribution in [3.05, 3.63) is 63.6 Å². The Morgan fingerprint density at radius 3 is 2.91 bits per heavy atom. The summed E-state index contributed by atoms with van der Waals surface area (Å²) in [4.78, 5) is 17.3. The lowest BCUT2D eigenvalue weighted by molar-refractivity contribution is 0.442. The Labute approximate surface area is 138 Å². The fourth-order valence-corrected chi connectivity index (χ4v) is 2.78. The van der Waals surface area contributed by atoms with E-state index in [0.29, 0.717) is 34.8 Å². The molecule has 1 atom stereocenters. The number of hydrogen-bond donors (Lipinski definition) is 1. The molecule has 120 valence electrons. The Morgan fingerprint density at radius 2 is 2.22 bits per heavy atom. The van der Waals surface area contributed by atoms with E-state index in [9.17, 15) is 4.79 Å². The average molecular weight is 332 g/mol. The quantitative estimate of drug-likeness (QED) is 0.777. The smallest absolute Gasteiger partial charge is 0.261 e.